The molecule has 2 aromatic heterocycles. The van der Waals surface area contributed by atoms with E-state index >= 15 is 0 Å². The van der Waals surface area contributed by atoms with Crippen LogP contribution >= 0.6 is 11.8 Å². The minimum absolute atomic E-state index is 0.0558. The van der Waals surface area contributed by atoms with E-state index in [4.69, 9.17) is 9.66 Å². The van der Waals surface area contributed by atoms with Crippen LogP contribution < -0.4 is 5.14 Å². The number of hydrogen-bond donors (Lipinski definition) is 1. The van der Waals surface area contributed by atoms with Crippen LogP contribution in [0, 0.1) is 6.92 Å². The molecule has 1 aromatic carbocycles. The van der Waals surface area contributed by atoms with Crippen molar-refractivity contribution in [3.8, 4) is 0 Å². The van der Waals surface area contributed by atoms with Gasteiger partial charge in [-0.3, -0.25) is 0 Å². The summed E-state index contributed by atoms with van der Waals surface area (Å²) < 4.78 is 30.2. The van der Waals surface area contributed by atoms with Gasteiger partial charge in [0.15, 0.2) is 11.0 Å². The van der Waals surface area contributed by atoms with E-state index in [9.17, 15) is 8.42 Å². The first kappa shape index (κ1) is 16.9. The molecule has 0 bridgehead atoms. The molecule has 0 radical (unpaired) electrons. The largest absolute Gasteiger partial charge is 0.338 e. The van der Waals surface area contributed by atoms with Gasteiger partial charge in [0.2, 0.25) is 15.9 Å². The molecule has 0 saturated heterocycles. The van der Waals surface area contributed by atoms with E-state index in [2.05, 4.69) is 26.6 Å². The average molecular weight is 367 g/mol. The number of primary sulfonamides is 1. The molecule has 3 rings (SSSR count). The Labute approximate surface area is 143 Å². The smallest absolute Gasteiger partial charge is 0.238 e. The molecule has 0 aliphatic heterocycles. The molecule has 8 nitrogen and oxygen atoms in total. The molecule has 0 fully saturated rings. The van der Waals surface area contributed by atoms with Gasteiger partial charge in [-0.1, -0.05) is 23.8 Å². The van der Waals surface area contributed by atoms with E-state index in [1.165, 1.54) is 23.9 Å². The fraction of sp³-hybridized carbons (Fsp3) is 0.357. The van der Waals surface area contributed by atoms with Crippen molar-refractivity contribution in [2.75, 3.05) is 0 Å². The summed E-state index contributed by atoms with van der Waals surface area (Å²) in [5.41, 5.74) is 1.47. The molecule has 128 valence electrons. The Hall–Kier alpha value is -1.91. The molecule has 2 N–H and O–H groups in total. The molecule has 0 amide bonds. The lowest BCUT2D eigenvalue weighted by molar-refractivity contribution is 0.387. The number of thioether (sulfide) groups is 1. The number of imidazole rings is 1. The molecule has 3 aromatic rings. The predicted molar refractivity (Wildman–Crippen MR) is 90.0 cm³/mol. The number of sulfonamides is 1. The van der Waals surface area contributed by atoms with Gasteiger partial charge in [-0.2, -0.15) is 4.98 Å². The molecular formula is C14H17N5O3S2. The van der Waals surface area contributed by atoms with Gasteiger partial charge in [0, 0.05) is 6.54 Å². The third-order valence-corrected chi connectivity index (χ3v) is 5.23. The molecule has 0 aliphatic rings. The Balaban J connectivity index is 1.97. The van der Waals surface area contributed by atoms with Crippen molar-refractivity contribution in [1.29, 1.82) is 0 Å². The maximum absolute atomic E-state index is 11.5. The first-order chi connectivity index (χ1) is 11.4. The summed E-state index contributed by atoms with van der Waals surface area (Å²) in [5, 5.41) is 9.73. The number of fused-ring (bicyclic) bond motifs is 1. The van der Waals surface area contributed by atoms with E-state index in [1.807, 2.05) is 0 Å². The van der Waals surface area contributed by atoms with Gasteiger partial charge in [-0.05, 0) is 31.5 Å². The summed E-state index contributed by atoms with van der Waals surface area (Å²) in [7, 11) is -3.75. The number of nitrogens with two attached hydrogens (primary N) is 1. The molecular weight excluding hydrogens is 350 g/mol. The minimum atomic E-state index is -3.75. The second-order valence-corrected chi connectivity index (χ2v) is 7.77. The van der Waals surface area contributed by atoms with E-state index in [-0.39, 0.29) is 4.90 Å². The van der Waals surface area contributed by atoms with Crippen LogP contribution in [0.25, 0.3) is 11.0 Å². The lowest BCUT2D eigenvalue weighted by Crippen LogP contribution is -2.11. The maximum Gasteiger partial charge on any atom is 0.238 e. The Kier molecular flexibility index (Phi) is 4.61. The van der Waals surface area contributed by atoms with Crippen LogP contribution in [0.3, 0.4) is 0 Å². The molecule has 0 unspecified atom stereocenters. The minimum Gasteiger partial charge on any atom is -0.338 e. The SMILES string of the molecule is CCCn1c(SCc2nc(C)no2)nc2cc(S(N)(=O)=O)ccc21. The number of hydrogen-bond acceptors (Lipinski definition) is 7. The van der Waals surface area contributed by atoms with Crippen LogP contribution in [0.4, 0.5) is 0 Å². The van der Waals surface area contributed by atoms with Crippen molar-refractivity contribution in [3.05, 3.63) is 29.9 Å². The highest BCUT2D eigenvalue weighted by atomic mass is 32.2. The van der Waals surface area contributed by atoms with Gasteiger partial charge in [-0.25, -0.2) is 18.5 Å². The Morgan fingerprint density at radius 2 is 2.12 bits per heavy atom. The normalized spacial score (nSPS) is 12.1. The van der Waals surface area contributed by atoms with Crippen molar-refractivity contribution in [2.24, 2.45) is 5.14 Å². The third kappa shape index (κ3) is 3.45. The molecule has 0 aliphatic carbocycles. The quantitative estimate of drug-likeness (QED) is 0.663. The van der Waals surface area contributed by atoms with E-state index in [0.29, 0.717) is 23.0 Å². The summed E-state index contributed by atoms with van der Waals surface area (Å²) in [5.74, 6) is 1.61. The summed E-state index contributed by atoms with van der Waals surface area (Å²) in [4.78, 5) is 8.77. The highest BCUT2D eigenvalue weighted by molar-refractivity contribution is 7.98. The van der Waals surface area contributed by atoms with Crippen LogP contribution in [0.15, 0.2) is 32.8 Å². The van der Waals surface area contributed by atoms with E-state index < -0.39 is 10.0 Å². The molecule has 0 atom stereocenters. The highest BCUT2D eigenvalue weighted by Crippen LogP contribution is 2.28. The average Bonchev–Trinajstić information content (AvgIpc) is 3.08. The van der Waals surface area contributed by atoms with Crippen molar-refractivity contribution >= 4 is 32.8 Å². The summed E-state index contributed by atoms with van der Waals surface area (Å²) >= 11 is 1.47. The zero-order chi connectivity index (χ0) is 17.3. The van der Waals surface area contributed by atoms with Crippen LogP contribution in [-0.4, -0.2) is 28.1 Å². The Morgan fingerprint density at radius 3 is 2.75 bits per heavy atom. The third-order valence-electron chi connectivity index (χ3n) is 3.35. The molecule has 24 heavy (non-hydrogen) atoms. The van der Waals surface area contributed by atoms with Gasteiger partial charge < -0.3 is 9.09 Å². The van der Waals surface area contributed by atoms with E-state index in [1.54, 1.807) is 13.0 Å². The van der Waals surface area contributed by atoms with E-state index in [0.717, 1.165) is 23.6 Å². The van der Waals surface area contributed by atoms with Gasteiger partial charge in [0.05, 0.1) is 21.7 Å². The van der Waals surface area contributed by atoms with Crippen LogP contribution in [-0.2, 0) is 22.3 Å². The lowest BCUT2D eigenvalue weighted by Gasteiger charge is -2.06. The Bertz CT molecular complexity index is 978. The Morgan fingerprint density at radius 1 is 1.33 bits per heavy atom. The summed E-state index contributed by atoms with van der Waals surface area (Å²) in [6, 6.07) is 4.73. The first-order valence-corrected chi connectivity index (χ1v) is 9.86. The van der Waals surface area contributed by atoms with Gasteiger partial charge >= 0.3 is 0 Å². The molecule has 0 saturated carbocycles. The molecule has 10 heteroatoms. The fourth-order valence-corrected chi connectivity index (χ4v) is 3.75. The fourth-order valence-electron chi connectivity index (χ4n) is 2.34. The number of nitrogens with zero attached hydrogens (tertiary/aromatic N) is 4. The second kappa shape index (κ2) is 6.54. The highest BCUT2D eigenvalue weighted by Gasteiger charge is 2.16. The number of benzene rings is 1. The summed E-state index contributed by atoms with van der Waals surface area (Å²) in [6.45, 7) is 4.61. The molecule has 0 spiro atoms. The number of rotatable bonds is 6. The van der Waals surface area contributed by atoms with Gasteiger partial charge in [0.1, 0.15) is 0 Å². The van der Waals surface area contributed by atoms with Crippen LogP contribution in [0.1, 0.15) is 25.1 Å². The zero-order valence-electron chi connectivity index (χ0n) is 13.3. The molecule has 2 heterocycles. The topological polar surface area (TPSA) is 117 Å². The van der Waals surface area contributed by atoms with Crippen LogP contribution in [0.5, 0.6) is 0 Å². The van der Waals surface area contributed by atoms with Crippen molar-refractivity contribution in [1.82, 2.24) is 19.7 Å². The van der Waals surface area contributed by atoms with Crippen molar-refractivity contribution in [2.45, 2.75) is 42.6 Å². The van der Waals surface area contributed by atoms with Crippen molar-refractivity contribution in [3.63, 3.8) is 0 Å². The first-order valence-electron chi connectivity index (χ1n) is 7.33. The predicted octanol–water partition coefficient (Wildman–Crippen LogP) is 2.08. The summed E-state index contributed by atoms with van der Waals surface area (Å²) in [6.07, 6.45) is 0.926. The van der Waals surface area contributed by atoms with Crippen molar-refractivity contribution < 1.29 is 12.9 Å². The second-order valence-electron chi connectivity index (χ2n) is 5.27. The number of aromatic nitrogens is 4. The zero-order valence-corrected chi connectivity index (χ0v) is 14.9. The number of aryl methyl sites for hydroxylation is 2. The lowest BCUT2D eigenvalue weighted by atomic mass is 10.3. The van der Waals surface area contributed by atoms with Crippen LogP contribution in [0.2, 0.25) is 0 Å². The monoisotopic (exact) mass is 367 g/mol. The van der Waals surface area contributed by atoms with Gasteiger partial charge in [0.25, 0.3) is 0 Å². The maximum atomic E-state index is 11.5. The standard InChI is InChI=1S/C14H17N5O3S2/c1-3-6-19-12-5-4-10(24(15,20)21)7-11(12)17-14(19)23-8-13-16-9(2)18-22-13/h4-5,7H,3,6,8H2,1-2H3,(H2,15,20,21). The van der Waals surface area contributed by atoms with Gasteiger partial charge in [-0.15, -0.1) is 0 Å².